The molecule has 0 aromatic heterocycles. The Kier molecular flexibility index (Phi) is 6.27. The summed E-state index contributed by atoms with van der Waals surface area (Å²) < 4.78 is 38.8. The Morgan fingerprint density at radius 1 is 0.941 bits per heavy atom. The van der Waals surface area contributed by atoms with Gasteiger partial charge in [-0.3, -0.25) is 0 Å². The summed E-state index contributed by atoms with van der Waals surface area (Å²) in [5.74, 6) is -1.40. The van der Waals surface area contributed by atoms with E-state index in [9.17, 15) is 12.9 Å². The summed E-state index contributed by atoms with van der Waals surface area (Å²) in [4.78, 5) is 0. The van der Waals surface area contributed by atoms with Crippen LogP contribution in [-0.4, -0.2) is 6.98 Å². The zero-order valence-electron chi connectivity index (χ0n) is 10.1. The van der Waals surface area contributed by atoms with Crippen molar-refractivity contribution in [3.63, 3.8) is 0 Å². The van der Waals surface area contributed by atoms with E-state index in [1.807, 2.05) is 30.3 Å². The fourth-order valence-electron chi connectivity index (χ4n) is 2.73. The average molecular weight is 266 g/mol. The zero-order valence-corrected chi connectivity index (χ0v) is 13.2. The Morgan fingerprint density at radius 3 is 2.12 bits per heavy atom. The molecule has 2 rings (SSSR count). The van der Waals surface area contributed by atoms with E-state index in [2.05, 4.69) is 0 Å². The minimum atomic E-state index is -4.71. The van der Waals surface area contributed by atoms with Crippen molar-refractivity contribution in [3.8, 4) is 0 Å². The average Bonchev–Trinajstić information content (AvgIpc) is 2.29. The molecule has 88 valence electrons. The SMILES string of the molecule is F[B-](F)(F)[C@H]1CCCC[C@@H]1c1ccccc1.[K+]. The molecule has 1 aromatic carbocycles. The summed E-state index contributed by atoms with van der Waals surface area (Å²) in [5.41, 5.74) is 0.853. The maximum atomic E-state index is 12.9. The molecular formula is C12H15BF3K. The Hall–Kier alpha value is 0.711. The Bertz CT molecular complexity index is 339. The van der Waals surface area contributed by atoms with Crippen LogP contribution in [0.15, 0.2) is 30.3 Å². The van der Waals surface area contributed by atoms with E-state index in [0.29, 0.717) is 12.8 Å². The topological polar surface area (TPSA) is 0 Å². The molecule has 1 aliphatic rings. The van der Waals surface area contributed by atoms with Crippen molar-refractivity contribution in [1.82, 2.24) is 0 Å². The van der Waals surface area contributed by atoms with Crippen molar-refractivity contribution < 1.29 is 64.3 Å². The summed E-state index contributed by atoms with van der Waals surface area (Å²) >= 11 is 0. The summed E-state index contributed by atoms with van der Waals surface area (Å²) in [6.07, 6.45) is 2.62. The van der Waals surface area contributed by atoms with E-state index in [1.54, 1.807) is 0 Å². The van der Waals surface area contributed by atoms with Crippen LogP contribution in [0.1, 0.15) is 37.2 Å². The largest absolute Gasteiger partial charge is 1.00 e. The smallest absolute Gasteiger partial charge is 0.449 e. The van der Waals surface area contributed by atoms with E-state index >= 15 is 0 Å². The molecule has 1 fully saturated rings. The van der Waals surface area contributed by atoms with Gasteiger partial charge in [0, 0.05) is 0 Å². The van der Waals surface area contributed by atoms with Gasteiger partial charge in [-0.1, -0.05) is 55.4 Å². The fourth-order valence-corrected chi connectivity index (χ4v) is 2.73. The molecule has 5 heteroatoms. The summed E-state index contributed by atoms with van der Waals surface area (Å²) in [6.45, 7) is -4.71. The van der Waals surface area contributed by atoms with Gasteiger partial charge in [0.1, 0.15) is 0 Å². The molecule has 0 aliphatic heterocycles. The van der Waals surface area contributed by atoms with Crippen LogP contribution in [0.2, 0.25) is 5.82 Å². The van der Waals surface area contributed by atoms with Gasteiger partial charge in [-0.2, -0.15) is 0 Å². The monoisotopic (exact) mass is 266 g/mol. The first-order valence-corrected chi connectivity index (χ1v) is 5.84. The third kappa shape index (κ3) is 4.10. The van der Waals surface area contributed by atoms with Crippen molar-refractivity contribution in [3.05, 3.63) is 35.9 Å². The number of rotatable bonds is 2. The van der Waals surface area contributed by atoms with Crippen molar-refractivity contribution >= 4 is 6.98 Å². The van der Waals surface area contributed by atoms with E-state index < -0.39 is 12.8 Å². The second-order valence-electron chi connectivity index (χ2n) is 4.59. The van der Waals surface area contributed by atoms with Crippen LogP contribution < -0.4 is 51.4 Å². The van der Waals surface area contributed by atoms with Gasteiger partial charge in [-0.05, 0) is 17.9 Å². The van der Waals surface area contributed by atoms with E-state index in [0.717, 1.165) is 18.4 Å². The van der Waals surface area contributed by atoms with Crippen LogP contribution in [0.3, 0.4) is 0 Å². The van der Waals surface area contributed by atoms with Crippen LogP contribution in [0.4, 0.5) is 12.9 Å². The quantitative estimate of drug-likeness (QED) is 0.713. The maximum absolute atomic E-state index is 12.9. The van der Waals surface area contributed by atoms with Gasteiger partial charge in [-0.25, -0.2) is 0 Å². The van der Waals surface area contributed by atoms with Crippen LogP contribution in [0.25, 0.3) is 0 Å². The number of hydrogen-bond acceptors (Lipinski definition) is 0. The van der Waals surface area contributed by atoms with Gasteiger partial charge in [0.05, 0.1) is 0 Å². The standard InChI is InChI=1S/C12H15BF3.K/c14-13(15,16)12-9-5-4-8-11(12)10-6-2-1-3-7-10;/h1-3,6-7,11-12H,4-5,8-9H2;/q-1;+1/t11-,12+;/m1./s1. The zero-order chi connectivity index (χ0) is 11.6. The van der Waals surface area contributed by atoms with E-state index in [1.165, 1.54) is 0 Å². The van der Waals surface area contributed by atoms with E-state index in [4.69, 9.17) is 0 Å². The maximum Gasteiger partial charge on any atom is 1.00 e. The molecule has 1 aliphatic carbocycles. The first-order chi connectivity index (χ1) is 7.59. The summed E-state index contributed by atoms with van der Waals surface area (Å²) in [7, 11) is 0. The molecule has 17 heavy (non-hydrogen) atoms. The molecule has 0 radical (unpaired) electrons. The second-order valence-corrected chi connectivity index (χ2v) is 4.59. The molecule has 0 N–H and O–H groups in total. The minimum Gasteiger partial charge on any atom is -0.449 e. The molecule has 0 saturated heterocycles. The van der Waals surface area contributed by atoms with E-state index in [-0.39, 0.29) is 57.3 Å². The van der Waals surface area contributed by atoms with Gasteiger partial charge in [-0.15, -0.1) is 0 Å². The summed E-state index contributed by atoms with van der Waals surface area (Å²) in [6, 6.07) is 9.14. The molecule has 1 saturated carbocycles. The van der Waals surface area contributed by atoms with Crippen molar-refractivity contribution in [2.24, 2.45) is 0 Å². The third-order valence-electron chi connectivity index (χ3n) is 3.53. The van der Waals surface area contributed by atoms with Gasteiger partial charge in [0.2, 0.25) is 0 Å². The molecule has 0 spiro atoms. The van der Waals surface area contributed by atoms with Crippen molar-refractivity contribution in [2.45, 2.75) is 37.4 Å². The van der Waals surface area contributed by atoms with Gasteiger partial charge >= 0.3 is 58.4 Å². The Balaban J connectivity index is 0.00000144. The molecular weight excluding hydrogens is 251 g/mol. The molecule has 0 heterocycles. The van der Waals surface area contributed by atoms with Crippen LogP contribution >= 0.6 is 0 Å². The van der Waals surface area contributed by atoms with Gasteiger partial charge in [0.25, 0.3) is 0 Å². The Labute approximate surface area is 143 Å². The second kappa shape index (κ2) is 6.76. The normalized spacial score (nSPS) is 25.1. The van der Waals surface area contributed by atoms with Gasteiger partial charge in [0.15, 0.2) is 0 Å². The molecule has 2 atom stereocenters. The predicted molar refractivity (Wildman–Crippen MR) is 60.5 cm³/mol. The van der Waals surface area contributed by atoms with Crippen LogP contribution in [0, 0.1) is 0 Å². The Morgan fingerprint density at radius 2 is 1.53 bits per heavy atom. The fraction of sp³-hybridized carbons (Fsp3) is 0.500. The van der Waals surface area contributed by atoms with Gasteiger partial charge < -0.3 is 12.9 Å². The number of hydrogen-bond donors (Lipinski definition) is 0. The third-order valence-corrected chi connectivity index (χ3v) is 3.53. The van der Waals surface area contributed by atoms with Crippen LogP contribution in [0.5, 0.6) is 0 Å². The molecule has 0 unspecified atom stereocenters. The first kappa shape index (κ1) is 15.8. The first-order valence-electron chi connectivity index (χ1n) is 5.84. The summed E-state index contributed by atoms with van der Waals surface area (Å²) in [5, 5.41) is 0. The predicted octanol–water partition coefficient (Wildman–Crippen LogP) is 1.57. The van der Waals surface area contributed by atoms with Crippen molar-refractivity contribution in [2.75, 3.05) is 0 Å². The molecule has 0 bridgehead atoms. The number of halogens is 3. The molecule has 1 aromatic rings. The van der Waals surface area contributed by atoms with Crippen molar-refractivity contribution in [1.29, 1.82) is 0 Å². The molecule has 0 nitrogen and oxygen atoms in total. The minimum absolute atomic E-state index is 0. The van der Waals surface area contributed by atoms with Crippen LogP contribution in [-0.2, 0) is 0 Å². The number of benzene rings is 1. The molecule has 0 amide bonds.